The van der Waals surface area contributed by atoms with Gasteiger partial charge < -0.3 is 15.0 Å². The Morgan fingerprint density at radius 3 is 2.72 bits per heavy atom. The highest BCUT2D eigenvalue weighted by atomic mass is 19.1. The van der Waals surface area contributed by atoms with E-state index in [-0.39, 0.29) is 24.6 Å². The van der Waals surface area contributed by atoms with Gasteiger partial charge in [0.05, 0.1) is 5.92 Å². The van der Waals surface area contributed by atoms with Crippen LogP contribution in [0.2, 0.25) is 0 Å². The molecule has 2 aromatic carbocycles. The summed E-state index contributed by atoms with van der Waals surface area (Å²) in [6.45, 7) is 3.66. The molecule has 152 valence electrons. The van der Waals surface area contributed by atoms with Crippen molar-refractivity contribution in [2.75, 3.05) is 16.8 Å². The third-order valence-corrected chi connectivity index (χ3v) is 4.88. The van der Waals surface area contributed by atoms with E-state index >= 15 is 0 Å². The van der Waals surface area contributed by atoms with Gasteiger partial charge in [-0.2, -0.15) is 0 Å². The van der Waals surface area contributed by atoms with Crippen molar-refractivity contribution in [1.82, 2.24) is 0 Å². The van der Waals surface area contributed by atoms with Gasteiger partial charge in [0, 0.05) is 24.3 Å². The zero-order valence-electron chi connectivity index (χ0n) is 16.4. The van der Waals surface area contributed by atoms with Gasteiger partial charge in [0.1, 0.15) is 5.82 Å². The Hall–Kier alpha value is -3.22. The summed E-state index contributed by atoms with van der Waals surface area (Å²) in [5.41, 5.74) is 2.10. The second-order valence-corrected chi connectivity index (χ2v) is 6.97. The summed E-state index contributed by atoms with van der Waals surface area (Å²) in [7, 11) is 0. The van der Waals surface area contributed by atoms with Crippen molar-refractivity contribution < 1.29 is 23.5 Å². The van der Waals surface area contributed by atoms with E-state index in [0.717, 1.165) is 17.7 Å². The summed E-state index contributed by atoms with van der Waals surface area (Å²) in [5.74, 6) is -2.44. The lowest BCUT2D eigenvalue weighted by atomic mass is 10.1. The lowest BCUT2D eigenvalue weighted by Gasteiger charge is -2.20. The Morgan fingerprint density at radius 2 is 2.00 bits per heavy atom. The molecule has 1 heterocycles. The van der Waals surface area contributed by atoms with Crippen LogP contribution in [0.15, 0.2) is 48.5 Å². The van der Waals surface area contributed by atoms with Crippen molar-refractivity contribution in [3.8, 4) is 0 Å². The number of aryl methyl sites for hydroxylation is 1. The van der Waals surface area contributed by atoms with E-state index in [9.17, 15) is 18.8 Å². The Bertz CT molecular complexity index is 931. The van der Waals surface area contributed by atoms with Gasteiger partial charge in [-0.1, -0.05) is 31.2 Å². The molecule has 1 aliphatic heterocycles. The average molecular weight is 398 g/mol. The van der Waals surface area contributed by atoms with Crippen LogP contribution in [-0.2, 0) is 25.5 Å². The summed E-state index contributed by atoms with van der Waals surface area (Å²) in [5, 5.41) is 2.50. The summed E-state index contributed by atoms with van der Waals surface area (Å²) >= 11 is 0. The third-order valence-electron chi connectivity index (χ3n) is 4.88. The molecule has 0 aromatic heterocycles. The number of ether oxygens (including phenoxy) is 1. The maximum atomic E-state index is 13.2. The molecule has 2 amide bonds. The van der Waals surface area contributed by atoms with Gasteiger partial charge >= 0.3 is 5.97 Å². The number of carbonyl (C=O) groups is 3. The van der Waals surface area contributed by atoms with Crippen LogP contribution < -0.4 is 10.2 Å². The predicted molar refractivity (Wildman–Crippen MR) is 107 cm³/mol. The van der Waals surface area contributed by atoms with Crippen molar-refractivity contribution in [3.63, 3.8) is 0 Å². The van der Waals surface area contributed by atoms with Crippen LogP contribution in [0.3, 0.4) is 0 Å². The fourth-order valence-electron chi connectivity index (χ4n) is 3.31. The molecule has 29 heavy (non-hydrogen) atoms. The van der Waals surface area contributed by atoms with Crippen molar-refractivity contribution in [2.24, 2.45) is 5.92 Å². The van der Waals surface area contributed by atoms with Crippen LogP contribution in [0.4, 0.5) is 15.8 Å². The molecule has 2 aromatic rings. The summed E-state index contributed by atoms with van der Waals surface area (Å²) in [6.07, 6.45) is -0.264. The SMILES string of the molecule is CCc1ccccc1N1C[C@@H](C(=O)O[C@H](C)C(=O)Nc2cccc(F)c2)CC1=O. The minimum atomic E-state index is -1.07. The number of esters is 1. The smallest absolute Gasteiger partial charge is 0.312 e. The minimum Gasteiger partial charge on any atom is -0.452 e. The number of hydrogen-bond acceptors (Lipinski definition) is 4. The van der Waals surface area contributed by atoms with Crippen molar-refractivity contribution in [3.05, 3.63) is 59.9 Å². The van der Waals surface area contributed by atoms with Gasteiger partial charge in [0.2, 0.25) is 5.91 Å². The van der Waals surface area contributed by atoms with Crippen LogP contribution >= 0.6 is 0 Å². The number of nitrogens with zero attached hydrogens (tertiary/aromatic N) is 1. The second kappa shape index (κ2) is 8.86. The number of benzene rings is 2. The molecule has 1 saturated heterocycles. The summed E-state index contributed by atoms with van der Waals surface area (Å²) in [4.78, 5) is 38.8. The van der Waals surface area contributed by atoms with E-state index in [1.807, 2.05) is 31.2 Å². The van der Waals surface area contributed by atoms with Crippen molar-refractivity contribution >= 4 is 29.2 Å². The summed E-state index contributed by atoms with van der Waals surface area (Å²) in [6, 6.07) is 13.0. The van der Waals surface area contributed by atoms with E-state index in [0.29, 0.717) is 0 Å². The molecule has 0 unspecified atom stereocenters. The molecule has 6 nitrogen and oxygen atoms in total. The minimum absolute atomic E-state index is 0.0368. The van der Waals surface area contributed by atoms with Gasteiger partial charge in [-0.25, -0.2) is 4.39 Å². The molecule has 0 spiro atoms. The molecule has 3 rings (SSSR count). The number of amides is 2. The highest BCUT2D eigenvalue weighted by molar-refractivity contribution is 6.01. The van der Waals surface area contributed by atoms with Crippen LogP contribution in [0.5, 0.6) is 0 Å². The Morgan fingerprint density at radius 1 is 1.24 bits per heavy atom. The lowest BCUT2D eigenvalue weighted by molar-refractivity contribution is -0.157. The highest BCUT2D eigenvalue weighted by Gasteiger charge is 2.37. The predicted octanol–water partition coefficient (Wildman–Crippen LogP) is 3.31. The molecule has 1 fully saturated rings. The number of rotatable bonds is 6. The fraction of sp³-hybridized carbons (Fsp3) is 0.318. The molecule has 1 aliphatic rings. The number of halogens is 1. The number of para-hydroxylation sites is 1. The number of carbonyl (C=O) groups excluding carboxylic acids is 3. The maximum Gasteiger partial charge on any atom is 0.312 e. The summed E-state index contributed by atoms with van der Waals surface area (Å²) < 4.78 is 18.5. The largest absolute Gasteiger partial charge is 0.452 e. The monoisotopic (exact) mass is 398 g/mol. The molecule has 0 aliphatic carbocycles. The normalized spacial score (nSPS) is 17.1. The van der Waals surface area contributed by atoms with E-state index in [4.69, 9.17) is 4.74 Å². The van der Waals surface area contributed by atoms with Crippen molar-refractivity contribution in [2.45, 2.75) is 32.8 Å². The van der Waals surface area contributed by atoms with Gasteiger partial charge in [0.25, 0.3) is 5.91 Å². The Balaban J connectivity index is 1.60. The second-order valence-electron chi connectivity index (χ2n) is 6.97. The van der Waals surface area contributed by atoms with Crippen LogP contribution in [0.1, 0.15) is 25.8 Å². The first-order valence-electron chi connectivity index (χ1n) is 9.54. The average Bonchev–Trinajstić information content (AvgIpc) is 3.09. The molecule has 2 atom stereocenters. The van der Waals surface area contributed by atoms with E-state index in [2.05, 4.69) is 5.32 Å². The van der Waals surface area contributed by atoms with Gasteiger partial charge in [-0.15, -0.1) is 0 Å². The quantitative estimate of drug-likeness (QED) is 0.758. The van der Waals surface area contributed by atoms with Crippen LogP contribution in [0.25, 0.3) is 0 Å². The molecule has 1 N–H and O–H groups in total. The lowest BCUT2D eigenvalue weighted by Crippen LogP contribution is -2.33. The molecule has 7 heteroatoms. The van der Waals surface area contributed by atoms with Crippen molar-refractivity contribution in [1.29, 1.82) is 0 Å². The zero-order chi connectivity index (χ0) is 21.0. The van der Waals surface area contributed by atoms with Gasteiger partial charge in [-0.05, 0) is 43.2 Å². The Labute approximate surface area is 168 Å². The first-order valence-corrected chi connectivity index (χ1v) is 9.54. The van der Waals surface area contributed by atoms with E-state index in [1.54, 1.807) is 4.90 Å². The number of nitrogens with one attached hydrogen (secondary N) is 1. The molecule has 0 radical (unpaired) electrons. The first-order chi connectivity index (χ1) is 13.9. The fourth-order valence-corrected chi connectivity index (χ4v) is 3.31. The molecule has 0 bridgehead atoms. The number of anilines is 2. The van der Waals surface area contributed by atoms with E-state index in [1.165, 1.54) is 31.2 Å². The third kappa shape index (κ3) is 4.80. The van der Waals surface area contributed by atoms with Gasteiger partial charge in [-0.3, -0.25) is 14.4 Å². The standard InChI is InChI=1S/C22H23FN2O4/c1-3-15-7-4-5-10-19(15)25-13-16(11-20(25)26)22(28)29-14(2)21(27)24-18-9-6-8-17(23)12-18/h4-10,12,14,16H,3,11,13H2,1-2H3,(H,24,27)/t14-,16+/m1/s1. The van der Waals surface area contributed by atoms with Crippen LogP contribution in [0, 0.1) is 11.7 Å². The Kier molecular flexibility index (Phi) is 6.26. The van der Waals surface area contributed by atoms with Crippen LogP contribution in [-0.4, -0.2) is 30.4 Å². The van der Waals surface area contributed by atoms with Gasteiger partial charge in [0.15, 0.2) is 6.10 Å². The maximum absolute atomic E-state index is 13.2. The first kappa shape index (κ1) is 20.5. The zero-order valence-corrected chi connectivity index (χ0v) is 16.4. The topological polar surface area (TPSA) is 75.7 Å². The molecular weight excluding hydrogens is 375 g/mol. The molecule has 0 saturated carbocycles. The molecular formula is C22H23FN2O4. The van der Waals surface area contributed by atoms with E-state index < -0.39 is 29.7 Å². The highest BCUT2D eigenvalue weighted by Crippen LogP contribution is 2.29. The number of hydrogen-bond donors (Lipinski definition) is 1.